The number of unbranched alkanes of at least 4 members (excludes halogenated alkanes) is 1. The van der Waals surface area contributed by atoms with Gasteiger partial charge in [0.25, 0.3) is 0 Å². The van der Waals surface area contributed by atoms with Gasteiger partial charge in [-0.3, -0.25) is 4.79 Å². The molecule has 0 heterocycles. The third-order valence-corrected chi connectivity index (χ3v) is 9.35. The second-order valence-corrected chi connectivity index (χ2v) is 15.0. The van der Waals surface area contributed by atoms with Gasteiger partial charge in [-0.15, -0.1) is 0 Å². The average Bonchev–Trinajstić information content (AvgIpc) is 3.01. The summed E-state index contributed by atoms with van der Waals surface area (Å²) in [7, 11) is -3.87. The van der Waals surface area contributed by atoms with Gasteiger partial charge in [0.2, 0.25) is 15.9 Å². The van der Waals surface area contributed by atoms with Crippen LogP contribution in [0.15, 0.2) is 83.8 Å². The van der Waals surface area contributed by atoms with Crippen LogP contribution in [0.3, 0.4) is 0 Å². The van der Waals surface area contributed by atoms with Gasteiger partial charge < -0.3 is 26.2 Å². The van der Waals surface area contributed by atoms with Gasteiger partial charge in [-0.2, -0.15) is 4.31 Å². The molecule has 3 aromatic carbocycles. The molecule has 0 saturated carbocycles. The summed E-state index contributed by atoms with van der Waals surface area (Å²) in [5, 5.41) is 15.8. The molecule has 256 valence electrons. The third-order valence-electron chi connectivity index (χ3n) is 7.42. The van der Waals surface area contributed by atoms with Crippen LogP contribution in [0, 0.1) is 5.92 Å². The van der Waals surface area contributed by atoms with E-state index in [2.05, 4.69) is 10.6 Å². The minimum atomic E-state index is -3.87. The number of nitrogens with zero attached hydrogens (tertiary/aromatic N) is 1. The maximum atomic E-state index is 13.5. The first kappa shape index (κ1) is 37.5. The van der Waals surface area contributed by atoms with E-state index in [9.17, 15) is 23.1 Å². The van der Waals surface area contributed by atoms with Crippen LogP contribution in [0.4, 0.5) is 10.5 Å². The highest BCUT2D eigenvalue weighted by Crippen LogP contribution is 2.24. The number of aliphatic hydroxyl groups is 1. The number of nitrogens with one attached hydrogen (secondary N) is 2. The summed E-state index contributed by atoms with van der Waals surface area (Å²) in [5.41, 5.74) is 8.49. The summed E-state index contributed by atoms with van der Waals surface area (Å²) in [6, 6.07) is 22.4. The van der Waals surface area contributed by atoms with Crippen LogP contribution in [-0.2, 0) is 26.0 Å². The molecule has 2 atom stereocenters. The van der Waals surface area contributed by atoms with E-state index in [-0.39, 0.29) is 36.3 Å². The minimum Gasteiger partial charge on any atom is -0.444 e. The lowest BCUT2D eigenvalue weighted by atomic mass is 10.0. The van der Waals surface area contributed by atoms with Crippen LogP contribution in [0.1, 0.15) is 59.4 Å². The quantitative estimate of drug-likeness (QED) is 0.119. The fourth-order valence-corrected chi connectivity index (χ4v) is 6.91. The number of nitrogens with two attached hydrogens (primary N) is 1. The number of ether oxygens (including phenoxy) is 1. The zero-order valence-corrected chi connectivity index (χ0v) is 28.9. The number of amides is 2. The van der Waals surface area contributed by atoms with E-state index < -0.39 is 33.8 Å². The van der Waals surface area contributed by atoms with Gasteiger partial charge in [0, 0.05) is 31.2 Å². The van der Waals surface area contributed by atoms with Crippen LogP contribution in [-0.4, -0.2) is 67.2 Å². The zero-order valence-electron chi connectivity index (χ0n) is 28.1. The molecule has 0 aromatic heterocycles. The first-order chi connectivity index (χ1) is 22.2. The molecule has 3 rings (SSSR count). The van der Waals surface area contributed by atoms with Crippen molar-refractivity contribution in [3.63, 3.8) is 0 Å². The third kappa shape index (κ3) is 12.0. The molecule has 0 aliphatic rings. The molecule has 0 radical (unpaired) electrons. The molecule has 0 bridgehead atoms. The van der Waals surface area contributed by atoms with Gasteiger partial charge in [0.05, 0.1) is 11.5 Å². The molecule has 3 aromatic rings. The van der Waals surface area contributed by atoms with Crippen molar-refractivity contribution in [1.82, 2.24) is 14.9 Å². The summed E-state index contributed by atoms with van der Waals surface area (Å²) >= 11 is 0. The van der Waals surface area contributed by atoms with Gasteiger partial charge in [0.1, 0.15) is 11.6 Å². The van der Waals surface area contributed by atoms with Gasteiger partial charge >= 0.3 is 6.09 Å². The van der Waals surface area contributed by atoms with Crippen LogP contribution < -0.4 is 16.4 Å². The number of nitrogen functional groups attached to an aromatic ring is 1. The Hall–Kier alpha value is -3.93. The molecule has 0 fully saturated rings. The van der Waals surface area contributed by atoms with Crippen molar-refractivity contribution in [2.24, 2.45) is 5.92 Å². The number of carbonyl (C=O) groups excluding carboxylic acids is 2. The largest absolute Gasteiger partial charge is 0.444 e. The maximum absolute atomic E-state index is 13.5. The van der Waals surface area contributed by atoms with Gasteiger partial charge in [-0.05, 0) is 80.5 Å². The summed E-state index contributed by atoms with van der Waals surface area (Å²) in [5.74, 6) is -0.315. The lowest BCUT2D eigenvalue weighted by molar-refractivity contribution is -0.123. The Balaban J connectivity index is 1.62. The number of alkyl carbamates (subject to hydrolysis) is 1. The van der Waals surface area contributed by atoms with E-state index in [1.54, 1.807) is 32.9 Å². The summed E-state index contributed by atoms with van der Waals surface area (Å²) in [6.45, 7) is 9.35. The Morgan fingerprint density at radius 2 is 1.53 bits per heavy atom. The number of carbonyl (C=O) groups is 2. The molecule has 0 saturated heterocycles. The van der Waals surface area contributed by atoms with E-state index in [0.717, 1.165) is 16.7 Å². The molecular formula is C36H50N4O6S. The number of hydrogen-bond acceptors (Lipinski definition) is 7. The van der Waals surface area contributed by atoms with E-state index in [4.69, 9.17) is 10.5 Å². The number of hydrogen-bond donors (Lipinski definition) is 4. The summed E-state index contributed by atoms with van der Waals surface area (Å²) in [6.07, 6.45) is 1.09. The predicted octanol–water partition coefficient (Wildman–Crippen LogP) is 5.37. The molecule has 0 spiro atoms. The number of rotatable bonds is 16. The Morgan fingerprint density at radius 1 is 0.915 bits per heavy atom. The Morgan fingerprint density at radius 3 is 2.11 bits per heavy atom. The van der Waals surface area contributed by atoms with Crippen LogP contribution >= 0.6 is 0 Å². The first-order valence-corrected chi connectivity index (χ1v) is 17.5. The fourth-order valence-electron chi connectivity index (χ4n) is 5.10. The predicted molar refractivity (Wildman–Crippen MR) is 186 cm³/mol. The van der Waals surface area contributed by atoms with E-state index in [0.29, 0.717) is 31.5 Å². The van der Waals surface area contributed by atoms with Gasteiger partial charge in [-0.1, -0.05) is 74.9 Å². The SMILES string of the molecule is CC(C)CN(C(CO)CCCCNC(=O)C(Cc1ccc(-c2ccccc2)cc1)NC(=O)OC(C)(C)C)S(=O)(=O)c1ccc(N)cc1. The molecular weight excluding hydrogens is 616 g/mol. The molecule has 0 aliphatic heterocycles. The van der Waals surface area contributed by atoms with Crippen molar-refractivity contribution in [3.8, 4) is 11.1 Å². The number of benzene rings is 3. The lowest BCUT2D eigenvalue weighted by Gasteiger charge is -2.31. The molecule has 11 heteroatoms. The summed E-state index contributed by atoms with van der Waals surface area (Å²) in [4.78, 5) is 26.1. The second-order valence-electron chi connectivity index (χ2n) is 13.1. The van der Waals surface area contributed by atoms with Crippen LogP contribution in [0.5, 0.6) is 0 Å². The lowest BCUT2D eigenvalue weighted by Crippen LogP contribution is -2.49. The highest BCUT2D eigenvalue weighted by atomic mass is 32.2. The number of sulfonamides is 1. The topological polar surface area (TPSA) is 151 Å². The number of anilines is 1. The second kappa shape index (κ2) is 17.3. The minimum absolute atomic E-state index is 0.0378. The molecule has 10 nitrogen and oxygen atoms in total. The van der Waals surface area contributed by atoms with E-state index in [1.165, 1.54) is 16.4 Å². The highest BCUT2D eigenvalue weighted by Gasteiger charge is 2.31. The fraction of sp³-hybridized carbons (Fsp3) is 0.444. The maximum Gasteiger partial charge on any atom is 0.408 e. The van der Waals surface area contributed by atoms with Crippen LogP contribution in [0.2, 0.25) is 0 Å². The van der Waals surface area contributed by atoms with Crippen molar-refractivity contribution < 1.29 is 27.9 Å². The van der Waals surface area contributed by atoms with E-state index >= 15 is 0 Å². The Labute approximate surface area is 279 Å². The van der Waals surface area contributed by atoms with Crippen molar-refractivity contribution in [1.29, 1.82) is 0 Å². The normalized spacial score (nSPS) is 13.3. The van der Waals surface area contributed by atoms with Crippen molar-refractivity contribution in [2.75, 3.05) is 25.4 Å². The molecule has 0 aliphatic carbocycles. The highest BCUT2D eigenvalue weighted by molar-refractivity contribution is 7.89. The Kier molecular flexibility index (Phi) is 13.8. The van der Waals surface area contributed by atoms with E-state index in [1.807, 2.05) is 68.4 Å². The van der Waals surface area contributed by atoms with Gasteiger partial charge in [-0.25, -0.2) is 13.2 Å². The monoisotopic (exact) mass is 666 g/mol. The van der Waals surface area contributed by atoms with Crippen molar-refractivity contribution in [2.45, 2.75) is 82.9 Å². The molecule has 2 amide bonds. The van der Waals surface area contributed by atoms with Crippen molar-refractivity contribution >= 4 is 27.7 Å². The number of aliphatic hydroxyl groups excluding tert-OH is 1. The smallest absolute Gasteiger partial charge is 0.408 e. The molecule has 5 N–H and O–H groups in total. The molecule has 2 unspecified atom stereocenters. The first-order valence-electron chi connectivity index (χ1n) is 16.1. The summed E-state index contributed by atoms with van der Waals surface area (Å²) < 4.78 is 33.8. The molecule has 47 heavy (non-hydrogen) atoms. The van der Waals surface area contributed by atoms with Crippen LogP contribution in [0.25, 0.3) is 11.1 Å². The standard InChI is InChI=1S/C36H50N4O6S/c1-26(2)24-40(47(44,45)32-20-18-30(37)19-21-32)31(25-41)13-9-10-22-38-34(42)33(39-35(43)46-36(3,4)5)23-27-14-16-29(17-15-27)28-11-7-6-8-12-28/h6-8,11-12,14-21,26,31,33,41H,9-10,13,22-25,37H2,1-5H3,(H,38,42)(H,39,43). The zero-order chi connectivity index (χ0) is 34.6. The Bertz CT molecular complexity index is 1520. The van der Waals surface area contributed by atoms with Crippen molar-refractivity contribution in [3.05, 3.63) is 84.4 Å². The van der Waals surface area contributed by atoms with Gasteiger partial charge in [0.15, 0.2) is 0 Å². The average molecular weight is 667 g/mol.